The minimum atomic E-state index is -3.13. The average molecular weight is 534 g/mol. The van der Waals surface area contributed by atoms with Crippen LogP contribution in [0.4, 0.5) is 0 Å². The third-order valence-corrected chi connectivity index (χ3v) is 9.95. The Morgan fingerprint density at radius 1 is 1.23 bits per heavy atom. The summed E-state index contributed by atoms with van der Waals surface area (Å²) in [4.78, 5) is 38.9. The van der Waals surface area contributed by atoms with Gasteiger partial charge in [0, 0.05) is 27.7 Å². The average Bonchev–Trinajstić information content (AvgIpc) is 3.34. The molecular weight excluding hydrogens is 506 g/mol. The Labute approximate surface area is 213 Å². The van der Waals surface area contributed by atoms with Crippen molar-refractivity contribution in [1.29, 1.82) is 0 Å². The molecule has 1 aliphatic rings. The molecular formula is C24H27N3O5S3. The van der Waals surface area contributed by atoms with Crippen LogP contribution >= 0.6 is 23.1 Å². The molecule has 186 valence electrons. The molecule has 1 saturated heterocycles. The molecule has 1 aromatic carbocycles. The van der Waals surface area contributed by atoms with E-state index in [9.17, 15) is 18.0 Å². The van der Waals surface area contributed by atoms with Gasteiger partial charge in [0.1, 0.15) is 16.2 Å². The molecule has 1 amide bonds. The molecule has 0 spiro atoms. The number of sulfone groups is 1. The SMILES string of the molecule is CCCN(C(=O)COC(=O)c1ccccc1Sc1ncnc2sc(C)c(C)c12)C1CCS(=O)(=O)C1. The highest BCUT2D eigenvalue weighted by molar-refractivity contribution is 7.99. The Bertz CT molecular complexity index is 1370. The Balaban J connectivity index is 1.49. The standard InChI is InChI=1S/C24H27N3O5S3/c1-4-10-27(17-9-11-35(30,31)13-17)20(28)12-32-24(29)18-7-5-6-8-19(18)34-23-21-15(2)16(3)33-22(21)25-14-26-23/h5-8,14,17H,4,9-13H2,1-3H3. The lowest BCUT2D eigenvalue weighted by Crippen LogP contribution is -2.43. The van der Waals surface area contributed by atoms with Crippen LogP contribution in [-0.4, -0.2) is 65.9 Å². The van der Waals surface area contributed by atoms with E-state index in [4.69, 9.17) is 4.74 Å². The number of rotatable bonds is 8. The van der Waals surface area contributed by atoms with Crippen molar-refractivity contribution >= 4 is 55.0 Å². The number of esters is 1. The van der Waals surface area contributed by atoms with Gasteiger partial charge in [-0.25, -0.2) is 23.2 Å². The summed E-state index contributed by atoms with van der Waals surface area (Å²) in [5, 5.41) is 1.73. The molecule has 1 fully saturated rings. The number of benzene rings is 1. The largest absolute Gasteiger partial charge is 0.452 e. The number of thiophene rings is 1. The van der Waals surface area contributed by atoms with Crippen molar-refractivity contribution in [2.75, 3.05) is 24.7 Å². The van der Waals surface area contributed by atoms with E-state index in [1.807, 2.05) is 32.9 Å². The molecule has 35 heavy (non-hydrogen) atoms. The molecule has 4 rings (SSSR count). The van der Waals surface area contributed by atoms with Gasteiger partial charge in [0.15, 0.2) is 16.4 Å². The van der Waals surface area contributed by atoms with Crippen LogP contribution < -0.4 is 0 Å². The summed E-state index contributed by atoms with van der Waals surface area (Å²) in [6.07, 6.45) is 2.62. The van der Waals surface area contributed by atoms with Crippen LogP contribution in [0.5, 0.6) is 0 Å². The molecule has 11 heteroatoms. The molecule has 0 aliphatic carbocycles. The highest BCUT2D eigenvalue weighted by Crippen LogP contribution is 2.38. The fourth-order valence-corrected chi connectivity index (χ4v) is 7.98. The van der Waals surface area contributed by atoms with E-state index in [1.165, 1.54) is 27.9 Å². The number of hydrogen-bond acceptors (Lipinski definition) is 9. The number of ether oxygens (including phenoxy) is 1. The van der Waals surface area contributed by atoms with Crippen LogP contribution in [0.25, 0.3) is 10.2 Å². The summed E-state index contributed by atoms with van der Waals surface area (Å²) in [6, 6.07) is 6.68. The highest BCUT2D eigenvalue weighted by atomic mass is 32.2. The zero-order chi connectivity index (χ0) is 25.2. The van der Waals surface area contributed by atoms with Crippen LogP contribution in [0.15, 0.2) is 40.5 Å². The van der Waals surface area contributed by atoms with E-state index in [0.717, 1.165) is 20.8 Å². The summed E-state index contributed by atoms with van der Waals surface area (Å²) in [7, 11) is -3.13. The van der Waals surface area contributed by atoms with Crippen molar-refractivity contribution in [3.05, 3.63) is 46.6 Å². The van der Waals surface area contributed by atoms with Gasteiger partial charge < -0.3 is 9.64 Å². The Morgan fingerprint density at radius 2 is 2.00 bits per heavy atom. The van der Waals surface area contributed by atoms with Gasteiger partial charge in [-0.05, 0) is 44.4 Å². The molecule has 1 unspecified atom stereocenters. The summed E-state index contributed by atoms with van der Waals surface area (Å²) in [5.74, 6) is -0.953. The first-order valence-electron chi connectivity index (χ1n) is 11.3. The second kappa shape index (κ2) is 10.6. The van der Waals surface area contributed by atoms with Crippen LogP contribution in [-0.2, 0) is 19.4 Å². The van der Waals surface area contributed by atoms with Crippen molar-refractivity contribution in [2.45, 2.75) is 49.6 Å². The Morgan fingerprint density at radius 3 is 2.71 bits per heavy atom. The van der Waals surface area contributed by atoms with Gasteiger partial charge in [0.2, 0.25) is 0 Å². The van der Waals surface area contributed by atoms with Crippen molar-refractivity contribution in [1.82, 2.24) is 14.9 Å². The second-order valence-electron chi connectivity index (χ2n) is 8.46. The van der Waals surface area contributed by atoms with E-state index in [2.05, 4.69) is 9.97 Å². The predicted octanol–water partition coefficient (Wildman–Crippen LogP) is 4.04. The fraction of sp³-hybridized carbons (Fsp3) is 0.417. The maximum absolute atomic E-state index is 13.0. The maximum Gasteiger partial charge on any atom is 0.339 e. The maximum atomic E-state index is 13.0. The van der Waals surface area contributed by atoms with Gasteiger partial charge in [-0.1, -0.05) is 30.8 Å². The van der Waals surface area contributed by atoms with Gasteiger partial charge in [-0.3, -0.25) is 4.79 Å². The first-order chi connectivity index (χ1) is 16.7. The summed E-state index contributed by atoms with van der Waals surface area (Å²) >= 11 is 2.97. The van der Waals surface area contributed by atoms with Gasteiger partial charge in [0.05, 0.1) is 17.1 Å². The van der Waals surface area contributed by atoms with E-state index < -0.39 is 22.4 Å². The minimum absolute atomic E-state index is 0.0406. The Kier molecular flexibility index (Phi) is 7.77. The lowest BCUT2D eigenvalue weighted by molar-refractivity contribution is -0.136. The lowest BCUT2D eigenvalue weighted by Gasteiger charge is -2.27. The van der Waals surface area contributed by atoms with Crippen LogP contribution in [0.2, 0.25) is 0 Å². The quantitative estimate of drug-likeness (QED) is 0.315. The van der Waals surface area contributed by atoms with Crippen molar-refractivity contribution in [3.63, 3.8) is 0 Å². The van der Waals surface area contributed by atoms with Crippen LogP contribution in [0.3, 0.4) is 0 Å². The molecule has 3 aromatic rings. The van der Waals surface area contributed by atoms with E-state index >= 15 is 0 Å². The molecule has 0 N–H and O–H groups in total. The molecule has 0 bridgehead atoms. The molecule has 1 aliphatic heterocycles. The minimum Gasteiger partial charge on any atom is -0.452 e. The number of aromatic nitrogens is 2. The summed E-state index contributed by atoms with van der Waals surface area (Å²) in [5.41, 5.74) is 1.45. The van der Waals surface area contributed by atoms with Gasteiger partial charge in [-0.15, -0.1) is 11.3 Å². The number of aryl methyl sites for hydroxylation is 2. The normalized spacial score (nSPS) is 16.9. The number of fused-ring (bicyclic) bond motifs is 1. The first kappa shape index (κ1) is 25.6. The number of hydrogen-bond donors (Lipinski definition) is 0. The topological polar surface area (TPSA) is 107 Å². The third kappa shape index (κ3) is 5.68. The highest BCUT2D eigenvalue weighted by Gasteiger charge is 2.34. The van der Waals surface area contributed by atoms with Crippen LogP contribution in [0.1, 0.15) is 40.6 Å². The monoisotopic (exact) mass is 533 g/mol. The molecule has 0 radical (unpaired) electrons. The summed E-state index contributed by atoms with van der Waals surface area (Å²) < 4.78 is 29.2. The molecule has 3 heterocycles. The predicted molar refractivity (Wildman–Crippen MR) is 137 cm³/mol. The number of amides is 1. The lowest BCUT2D eigenvalue weighted by atomic mass is 10.2. The second-order valence-corrected chi connectivity index (χ2v) is 12.9. The van der Waals surface area contributed by atoms with Crippen molar-refractivity contribution < 1.29 is 22.7 Å². The van der Waals surface area contributed by atoms with Gasteiger partial charge in [0.25, 0.3) is 5.91 Å². The van der Waals surface area contributed by atoms with E-state index in [1.54, 1.807) is 23.5 Å². The van der Waals surface area contributed by atoms with Crippen molar-refractivity contribution in [3.8, 4) is 0 Å². The summed E-state index contributed by atoms with van der Waals surface area (Å²) in [6.45, 7) is 5.98. The molecule has 1 atom stereocenters. The zero-order valence-corrected chi connectivity index (χ0v) is 22.3. The van der Waals surface area contributed by atoms with Gasteiger partial charge >= 0.3 is 5.97 Å². The number of carbonyl (C=O) groups excluding carboxylic acids is 2. The zero-order valence-electron chi connectivity index (χ0n) is 19.8. The fourth-order valence-electron chi connectivity index (χ4n) is 4.12. The van der Waals surface area contributed by atoms with Crippen molar-refractivity contribution in [2.24, 2.45) is 0 Å². The number of nitrogens with zero attached hydrogens (tertiary/aromatic N) is 3. The first-order valence-corrected chi connectivity index (χ1v) is 14.8. The smallest absolute Gasteiger partial charge is 0.339 e. The third-order valence-electron chi connectivity index (χ3n) is 6.00. The van der Waals surface area contributed by atoms with Crippen LogP contribution in [0, 0.1) is 13.8 Å². The van der Waals surface area contributed by atoms with E-state index in [0.29, 0.717) is 29.8 Å². The number of carbonyl (C=O) groups is 2. The van der Waals surface area contributed by atoms with E-state index in [-0.39, 0.29) is 23.5 Å². The van der Waals surface area contributed by atoms with Gasteiger partial charge in [-0.2, -0.15) is 0 Å². The molecule has 0 saturated carbocycles. The molecule has 8 nitrogen and oxygen atoms in total. The molecule has 2 aromatic heterocycles. The Hall–Kier alpha value is -2.50.